The van der Waals surface area contributed by atoms with Gasteiger partial charge in [0.05, 0.1) is 6.54 Å². The number of β-lactam (4-membered cyclic amide) rings is 1. The van der Waals surface area contributed by atoms with Gasteiger partial charge in [-0.1, -0.05) is 23.8 Å². The van der Waals surface area contributed by atoms with Crippen LogP contribution in [0.1, 0.15) is 23.6 Å². The molecule has 0 spiro atoms. The van der Waals surface area contributed by atoms with Gasteiger partial charge in [-0.05, 0) is 11.8 Å². The Hall–Kier alpha value is -3.32. The second-order valence-electron chi connectivity index (χ2n) is 8.08. The van der Waals surface area contributed by atoms with Gasteiger partial charge in [0.2, 0.25) is 5.91 Å². The number of thiazole rings is 1. The highest BCUT2D eigenvalue weighted by atomic mass is 32.2. The highest BCUT2D eigenvalue weighted by Gasteiger charge is 2.54. The molecule has 3 amide bonds. The summed E-state index contributed by atoms with van der Waals surface area (Å²) in [6, 6.07) is 0.669. The van der Waals surface area contributed by atoms with Gasteiger partial charge in [-0.2, -0.15) is 0 Å². The molecule has 2 aliphatic rings. The summed E-state index contributed by atoms with van der Waals surface area (Å²) in [5.41, 5.74) is 11.2. The number of aromatic nitrogens is 2. The third-order valence-electron chi connectivity index (χ3n) is 5.64. The van der Waals surface area contributed by atoms with Crippen LogP contribution in [-0.4, -0.2) is 84.1 Å². The third kappa shape index (κ3) is 6.04. The predicted octanol–water partition coefficient (Wildman–Crippen LogP) is 0.614. The third-order valence-corrected chi connectivity index (χ3v) is 9.99. The van der Waals surface area contributed by atoms with Gasteiger partial charge in [0.15, 0.2) is 10.8 Å². The van der Waals surface area contributed by atoms with E-state index in [1.807, 2.05) is 6.92 Å². The normalized spacial score (nSPS) is 19.5. The van der Waals surface area contributed by atoms with Gasteiger partial charge >= 0.3 is 5.97 Å². The number of carbonyl (C=O) groups excluding carboxylic acids is 3. The SMILES string of the molecule is CCSC(NC(=O)CN)c1cnccc1SC1=C(C(=O)O)N2C(=O)[C@@H](NC(=O)/C(=N\O)c3csc(N)n3)[C@@H]2SC1. The van der Waals surface area contributed by atoms with Crippen molar-refractivity contribution in [2.45, 2.75) is 28.6 Å². The molecule has 0 radical (unpaired) electrons. The molecule has 0 bridgehead atoms. The summed E-state index contributed by atoms with van der Waals surface area (Å²) in [7, 11) is 0. The minimum absolute atomic E-state index is 0.0441. The van der Waals surface area contributed by atoms with Gasteiger partial charge in [-0.15, -0.1) is 34.9 Å². The molecule has 40 heavy (non-hydrogen) atoms. The Bertz CT molecular complexity index is 1400. The number of carboxylic acids is 1. The number of rotatable bonds is 11. The first-order valence-electron chi connectivity index (χ1n) is 11.6. The zero-order chi connectivity index (χ0) is 29.0. The Labute approximate surface area is 244 Å². The molecule has 2 aliphatic heterocycles. The highest BCUT2D eigenvalue weighted by Crippen LogP contribution is 2.46. The number of nitrogen functional groups attached to an aromatic ring is 1. The van der Waals surface area contributed by atoms with E-state index in [9.17, 15) is 29.5 Å². The van der Waals surface area contributed by atoms with Crippen molar-refractivity contribution in [3.05, 3.63) is 45.7 Å². The number of carboxylic acid groups (broad SMARTS) is 1. The number of carbonyl (C=O) groups is 4. The van der Waals surface area contributed by atoms with E-state index in [1.165, 1.54) is 40.7 Å². The Morgan fingerprint density at radius 1 is 1.38 bits per heavy atom. The van der Waals surface area contributed by atoms with Crippen LogP contribution in [0.15, 0.2) is 44.5 Å². The van der Waals surface area contributed by atoms with E-state index in [-0.39, 0.29) is 34.7 Å². The number of aliphatic carboxylic acids is 1. The lowest BCUT2D eigenvalue weighted by molar-refractivity contribution is -0.150. The quantitative estimate of drug-likeness (QED) is 0.0663. The molecule has 0 aliphatic carbocycles. The van der Waals surface area contributed by atoms with Gasteiger partial charge in [0, 0.05) is 38.9 Å². The van der Waals surface area contributed by atoms with Crippen LogP contribution in [0.3, 0.4) is 0 Å². The van der Waals surface area contributed by atoms with Crippen molar-refractivity contribution in [2.75, 3.05) is 23.8 Å². The van der Waals surface area contributed by atoms with E-state index < -0.39 is 40.3 Å². The van der Waals surface area contributed by atoms with Crippen molar-refractivity contribution in [3.63, 3.8) is 0 Å². The number of hydrogen-bond donors (Lipinski definition) is 6. The lowest BCUT2D eigenvalue weighted by Crippen LogP contribution is -2.71. The molecule has 4 rings (SSSR count). The molecule has 8 N–H and O–H groups in total. The number of nitrogens with zero attached hydrogens (tertiary/aromatic N) is 4. The number of fused-ring (bicyclic) bond motifs is 1. The molecule has 3 atom stereocenters. The van der Waals surface area contributed by atoms with E-state index in [1.54, 1.807) is 18.5 Å². The molecule has 14 nitrogen and oxygen atoms in total. The van der Waals surface area contributed by atoms with Gasteiger partial charge in [-0.25, -0.2) is 9.78 Å². The molecular formula is C22H24N8O6S4. The fourth-order valence-electron chi connectivity index (χ4n) is 3.89. The van der Waals surface area contributed by atoms with Crippen molar-refractivity contribution < 1.29 is 29.5 Å². The second kappa shape index (κ2) is 12.9. The first-order chi connectivity index (χ1) is 19.2. The van der Waals surface area contributed by atoms with Gasteiger partial charge in [0.1, 0.15) is 28.2 Å². The summed E-state index contributed by atoms with van der Waals surface area (Å²) in [5, 5.41) is 28.2. The number of amides is 3. The van der Waals surface area contributed by atoms with E-state index in [2.05, 4.69) is 25.8 Å². The Morgan fingerprint density at radius 2 is 2.15 bits per heavy atom. The van der Waals surface area contributed by atoms with Crippen LogP contribution < -0.4 is 22.1 Å². The second-order valence-corrected chi connectivity index (χ2v) is 12.6. The molecule has 18 heteroatoms. The van der Waals surface area contributed by atoms with Gasteiger partial charge < -0.3 is 32.4 Å². The summed E-state index contributed by atoms with van der Waals surface area (Å²) >= 11 is 4.95. The van der Waals surface area contributed by atoms with Crippen LogP contribution in [0.5, 0.6) is 0 Å². The average Bonchev–Trinajstić information content (AvgIpc) is 3.37. The van der Waals surface area contributed by atoms with E-state index in [0.717, 1.165) is 16.2 Å². The minimum Gasteiger partial charge on any atom is -0.477 e. The smallest absolute Gasteiger partial charge is 0.353 e. The maximum Gasteiger partial charge on any atom is 0.353 e. The number of nitrogens with two attached hydrogens (primary N) is 2. The zero-order valence-electron chi connectivity index (χ0n) is 20.8. The van der Waals surface area contributed by atoms with Crippen LogP contribution in [0.4, 0.5) is 5.13 Å². The monoisotopic (exact) mass is 624 g/mol. The Morgan fingerprint density at radius 3 is 2.77 bits per heavy atom. The molecule has 2 aromatic heterocycles. The Kier molecular flexibility index (Phi) is 9.56. The number of pyridine rings is 1. The molecule has 4 heterocycles. The molecule has 0 aromatic carbocycles. The van der Waals surface area contributed by atoms with Crippen molar-refractivity contribution in [2.24, 2.45) is 10.9 Å². The van der Waals surface area contributed by atoms with Gasteiger partial charge in [-0.3, -0.25) is 24.3 Å². The number of anilines is 1. The predicted molar refractivity (Wildman–Crippen MR) is 153 cm³/mol. The minimum atomic E-state index is -1.30. The largest absolute Gasteiger partial charge is 0.477 e. The molecule has 1 unspecified atom stereocenters. The number of nitrogens with one attached hydrogen (secondary N) is 2. The Balaban J connectivity index is 1.56. The lowest BCUT2D eigenvalue weighted by atomic mass is 10.0. The maximum atomic E-state index is 13.1. The molecule has 212 valence electrons. The van der Waals surface area contributed by atoms with Crippen LogP contribution in [-0.2, 0) is 19.2 Å². The first kappa shape index (κ1) is 29.7. The fourth-order valence-corrected chi connectivity index (χ4v) is 8.02. The number of thioether (sulfide) groups is 3. The van der Waals surface area contributed by atoms with Crippen molar-refractivity contribution in [3.8, 4) is 0 Å². The standard InChI is InChI=1S/C22H24N8O6S4/c1-2-37-18(27-13(31)5-23)9-6-25-4-3-11(9)40-12-8-38-20-15(19(33)30(20)16(12)21(34)35)28-17(32)14(29-36)10-7-39-22(24)26-10/h3-4,6-7,15,18,20,36H,2,5,8,23H2,1H3,(H2,24,26)(H,27,31)(H,28,32)(H,34,35)/b29-14-/t15-,18?,20+/m1/s1. The van der Waals surface area contributed by atoms with E-state index >= 15 is 0 Å². The van der Waals surface area contributed by atoms with Crippen molar-refractivity contribution >= 4 is 81.2 Å². The molecule has 0 saturated carbocycles. The molecular weight excluding hydrogens is 601 g/mol. The van der Waals surface area contributed by atoms with Crippen LogP contribution in [0.2, 0.25) is 0 Å². The fraction of sp³-hybridized carbons (Fsp3) is 0.318. The van der Waals surface area contributed by atoms with Crippen LogP contribution in [0.25, 0.3) is 0 Å². The van der Waals surface area contributed by atoms with Crippen molar-refractivity contribution in [1.29, 1.82) is 0 Å². The summed E-state index contributed by atoms with van der Waals surface area (Å²) < 4.78 is 0. The molecule has 2 aromatic rings. The highest BCUT2D eigenvalue weighted by molar-refractivity contribution is 8.06. The van der Waals surface area contributed by atoms with Crippen LogP contribution >= 0.6 is 46.6 Å². The van der Waals surface area contributed by atoms with Gasteiger partial charge in [0.25, 0.3) is 11.8 Å². The zero-order valence-corrected chi connectivity index (χ0v) is 24.0. The number of hydrogen-bond acceptors (Lipinski definition) is 14. The summed E-state index contributed by atoms with van der Waals surface area (Å²) in [5.74, 6) is -2.21. The topological polar surface area (TPSA) is 226 Å². The number of oxime groups is 1. The summed E-state index contributed by atoms with van der Waals surface area (Å²) in [4.78, 5) is 60.5. The summed E-state index contributed by atoms with van der Waals surface area (Å²) in [6.07, 6.45) is 3.16. The van der Waals surface area contributed by atoms with E-state index in [4.69, 9.17) is 11.5 Å². The van der Waals surface area contributed by atoms with Crippen molar-refractivity contribution in [1.82, 2.24) is 25.5 Å². The first-order valence-corrected chi connectivity index (χ1v) is 15.4. The summed E-state index contributed by atoms with van der Waals surface area (Å²) in [6.45, 7) is 1.75. The molecule has 1 fully saturated rings. The lowest BCUT2D eigenvalue weighted by Gasteiger charge is -2.49. The maximum absolute atomic E-state index is 13.1. The van der Waals surface area contributed by atoms with Crippen LogP contribution in [0, 0.1) is 0 Å². The molecule has 1 saturated heterocycles. The van der Waals surface area contributed by atoms with E-state index in [0.29, 0.717) is 21.1 Å². The average molecular weight is 625 g/mol.